The van der Waals surface area contributed by atoms with Gasteiger partial charge in [0.1, 0.15) is 36.3 Å². The summed E-state index contributed by atoms with van der Waals surface area (Å²) in [5, 5.41) is 16.8. The van der Waals surface area contributed by atoms with E-state index in [2.05, 4.69) is 31.9 Å². The van der Waals surface area contributed by atoms with Crippen molar-refractivity contribution in [2.75, 3.05) is 14.2 Å². The van der Waals surface area contributed by atoms with Gasteiger partial charge in [0.25, 0.3) is 0 Å². The minimum absolute atomic E-state index is 0.0372. The van der Waals surface area contributed by atoms with Crippen LogP contribution in [0.5, 0.6) is 0 Å². The zero-order valence-electron chi connectivity index (χ0n) is 37.6. The molecule has 334 valence electrons. The van der Waals surface area contributed by atoms with Gasteiger partial charge in [-0.1, -0.05) is 95.2 Å². The predicted molar refractivity (Wildman–Crippen MR) is 222 cm³/mol. The average Bonchev–Trinajstić information content (AvgIpc) is 3.77. The maximum atomic E-state index is 14.2. The van der Waals surface area contributed by atoms with Crippen LogP contribution in [0.4, 0.5) is 0 Å². The number of hydrogen-bond donors (Lipinski definition) is 6. The highest BCUT2D eigenvalue weighted by Crippen LogP contribution is 2.48. The van der Waals surface area contributed by atoms with Gasteiger partial charge in [-0.2, -0.15) is 0 Å². The molecule has 0 radical (unpaired) electrons. The fourth-order valence-electron chi connectivity index (χ4n) is 7.79. The van der Waals surface area contributed by atoms with Crippen molar-refractivity contribution in [1.29, 1.82) is 0 Å². The standard InChI is InChI=1S/C43H72N6O10/c1-20(2)17-28(36(50)46-32(22(5)6)40(54)48-34(24(9)10)42(56)58-13)44-38(52)30-26-15-16-27(19-26)31(30)39(53)45-29(18-21(3)4)37(51)47-33(23(7)8)41(55)49-35(25(11)12)43(57)59-14/h15-16,20-35H,17-19H2,1-14H3,(H,44,52)(H,45,53)(H,46,50)(H,47,51)(H,48,54)(H,49,55)/t26-,27+,28-,29-,30-,31+,32-,33-,34-,35-/m0/s1. The molecule has 16 nitrogen and oxygen atoms in total. The Morgan fingerprint density at radius 1 is 0.458 bits per heavy atom. The smallest absolute Gasteiger partial charge is 0.328 e. The van der Waals surface area contributed by atoms with Crippen molar-refractivity contribution in [3.63, 3.8) is 0 Å². The molecular weight excluding hydrogens is 761 g/mol. The highest BCUT2D eigenvalue weighted by molar-refractivity contribution is 5.97. The lowest BCUT2D eigenvalue weighted by atomic mass is 9.81. The Kier molecular flexibility index (Phi) is 19.5. The number of methoxy groups -OCH3 is 2. The molecule has 2 bridgehead atoms. The molecule has 2 aliphatic rings. The molecule has 59 heavy (non-hydrogen) atoms. The van der Waals surface area contributed by atoms with E-state index in [9.17, 15) is 38.4 Å². The fraction of sp³-hybridized carbons (Fsp3) is 0.767. The Morgan fingerprint density at radius 2 is 0.746 bits per heavy atom. The summed E-state index contributed by atoms with van der Waals surface area (Å²) in [6, 6.07) is -6.00. The van der Waals surface area contributed by atoms with Gasteiger partial charge in [0.2, 0.25) is 35.4 Å². The molecule has 0 unspecified atom stereocenters. The summed E-state index contributed by atoms with van der Waals surface area (Å²) in [4.78, 5) is 108. The first-order valence-electron chi connectivity index (χ1n) is 21.1. The van der Waals surface area contributed by atoms with Crippen molar-refractivity contribution in [2.45, 2.75) is 139 Å². The molecule has 0 heterocycles. The van der Waals surface area contributed by atoms with E-state index in [0.717, 1.165) is 0 Å². The van der Waals surface area contributed by atoms with E-state index in [4.69, 9.17) is 9.47 Å². The third-order valence-electron chi connectivity index (χ3n) is 11.1. The third-order valence-corrected chi connectivity index (χ3v) is 11.1. The molecule has 1 saturated carbocycles. The maximum absolute atomic E-state index is 14.2. The van der Waals surface area contributed by atoms with Crippen LogP contribution in [-0.4, -0.2) is 97.9 Å². The first-order chi connectivity index (χ1) is 27.4. The van der Waals surface area contributed by atoms with Crippen LogP contribution in [0.15, 0.2) is 12.2 Å². The highest BCUT2D eigenvalue weighted by Gasteiger charge is 2.52. The molecule has 2 aliphatic carbocycles. The third kappa shape index (κ3) is 14.0. The Balaban J connectivity index is 2.32. The summed E-state index contributed by atoms with van der Waals surface area (Å²) < 4.78 is 9.71. The fourth-order valence-corrected chi connectivity index (χ4v) is 7.79. The minimum atomic E-state index is -1.04. The Hall–Kier alpha value is -4.50. The molecule has 16 heteroatoms. The predicted octanol–water partition coefficient (Wildman–Crippen LogP) is 2.40. The molecule has 0 aliphatic heterocycles. The summed E-state index contributed by atoms with van der Waals surface area (Å²) in [6.45, 7) is 21.7. The number of allylic oxidation sites excluding steroid dienone is 2. The second kappa shape index (κ2) is 22.8. The highest BCUT2D eigenvalue weighted by atomic mass is 16.5. The number of rotatable bonds is 22. The number of carbonyl (C=O) groups excluding carboxylic acids is 8. The topological polar surface area (TPSA) is 227 Å². The molecule has 1 fully saturated rings. The lowest BCUT2D eigenvalue weighted by molar-refractivity contribution is -0.147. The lowest BCUT2D eigenvalue weighted by Crippen LogP contribution is -2.59. The molecule has 6 N–H and O–H groups in total. The van der Waals surface area contributed by atoms with Crippen LogP contribution in [-0.2, 0) is 47.8 Å². The van der Waals surface area contributed by atoms with E-state index in [1.54, 1.807) is 55.4 Å². The molecule has 0 aromatic rings. The van der Waals surface area contributed by atoms with Crippen molar-refractivity contribution >= 4 is 47.4 Å². The van der Waals surface area contributed by atoms with Crippen LogP contribution < -0.4 is 31.9 Å². The minimum Gasteiger partial charge on any atom is -0.467 e. The molecular formula is C43H72N6O10. The summed E-state index contributed by atoms with van der Waals surface area (Å²) in [7, 11) is 2.46. The van der Waals surface area contributed by atoms with Gasteiger partial charge in [0.05, 0.1) is 26.1 Å². The number of amides is 6. The van der Waals surface area contributed by atoms with Gasteiger partial charge >= 0.3 is 11.9 Å². The van der Waals surface area contributed by atoms with E-state index in [-0.39, 0.29) is 60.2 Å². The zero-order valence-corrected chi connectivity index (χ0v) is 37.6. The normalized spacial score (nSPS) is 21.4. The molecule has 6 amide bonds. The van der Waals surface area contributed by atoms with E-state index < -0.39 is 95.5 Å². The van der Waals surface area contributed by atoms with Crippen LogP contribution >= 0.6 is 0 Å². The molecule has 10 atom stereocenters. The van der Waals surface area contributed by atoms with Gasteiger partial charge in [0, 0.05) is 0 Å². The van der Waals surface area contributed by atoms with Gasteiger partial charge in [-0.25, -0.2) is 9.59 Å². The number of fused-ring (bicyclic) bond motifs is 2. The number of nitrogens with one attached hydrogen (secondary N) is 6. The summed E-state index contributed by atoms with van der Waals surface area (Å²) >= 11 is 0. The Labute approximate surface area is 350 Å². The molecule has 0 aromatic heterocycles. The van der Waals surface area contributed by atoms with Crippen molar-refractivity contribution < 1.29 is 47.8 Å². The summed E-state index contributed by atoms with van der Waals surface area (Å²) in [5.41, 5.74) is 0. The first kappa shape index (κ1) is 50.6. The van der Waals surface area contributed by atoms with Crippen molar-refractivity contribution in [3.05, 3.63) is 12.2 Å². The van der Waals surface area contributed by atoms with Crippen LogP contribution in [0.2, 0.25) is 0 Å². The maximum Gasteiger partial charge on any atom is 0.328 e. The number of hydrogen-bond acceptors (Lipinski definition) is 10. The average molecular weight is 833 g/mol. The van der Waals surface area contributed by atoms with Crippen molar-refractivity contribution in [1.82, 2.24) is 31.9 Å². The number of ether oxygens (including phenoxy) is 2. The van der Waals surface area contributed by atoms with Gasteiger partial charge in [-0.3, -0.25) is 28.8 Å². The van der Waals surface area contributed by atoms with Gasteiger partial charge in [-0.05, 0) is 66.6 Å². The van der Waals surface area contributed by atoms with Crippen LogP contribution in [0, 0.1) is 59.2 Å². The summed E-state index contributed by atoms with van der Waals surface area (Å²) in [6.07, 6.45) is 4.84. The molecule has 0 aromatic carbocycles. The largest absolute Gasteiger partial charge is 0.467 e. The van der Waals surface area contributed by atoms with Gasteiger partial charge < -0.3 is 41.4 Å². The van der Waals surface area contributed by atoms with Crippen molar-refractivity contribution in [3.8, 4) is 0 Å². The van der Waals surface area contributed by atoms with E-state index in [1.165, 1.54) is 14.2 Å². The molecule has 0 spiro atoms. The SMILES string of the molecule is COC(=O)[C@@H](NC(=O)[C@@H](NC(=O)[C@H](CC(C)C)NC(=O)[C@@H]1[C@H](C(=O)N[C@@H](CC(C)C)C(=O)N[C@H](C(=O)N[C@H](C(=O)OC)C(C)C)C(C)C)[C@@H]2C=C[C@H]1C2)C(C)C)C(C)C. The summed E-state index contributed by atoms with van der Waals surface area (Å²) in [5.74, 6) is -8.13. The molecule has 2 rings (SSSR count). The van der Waals surface area contributed by atoms with Crippen LogP contribution in [0.25, 0.3) is 0 Å². The van der Waals surface area contributed by atoms with Crippen LogP contribution in [0.3, 0.4) is 0 Å². The zero-order chi connectivity index (χ0) is 45.0. The second-order valence-electron chi connectivity index (χ2n) is 18.3. The van der Waals surface area contributed by atoms with Gasteiger partial charge in [-0.15, -0.1) is 0 Å². The van der Waals surface area contributed by atoms with Gasteiger partial charge in [0.15, 0.2) is 0 Å². The van der Waals surface area contributed by atoms with Crippen LogP contribution in [0.1, 0.15) is 102 Å². The molecule has 0 saturated heterocycles. The Bertz CT molecular complexity index is 1430. The van der Waals surface area contributed by atoms with E-state index >= 15 is 0 Å². The Morgan fingerprint density at radius 3 is 1.00 bits per heavy atom. The number of esters is 2. The quantitative estimate of drug-likeness (QED) is 0.0690. The van der Waals surface area contributed by atoms with E-state index in [1.807, 2.05) is 39.8 Å². The first-order valence-corrected chi connectivity index (χ1v) is 21.1. The monoisotopic (exact) mass is 833 g/mol. The van der Waals surface area contributed by atoms with E-state index in [0.29, 0.717) is 6.42 Å². The lowest BCUT2D eigenvalue weighted by Gasteiger charge is -2.32. The van der Waals surface area contributed by atoms with Crippen molar-refractivity contribution in [2.24, 2.45) is 59.2 Å². The number of carbonyl (C=O) groups is 8. The second-order valence-corrected chi connectivity index (χ2v) is 18.3.